The van der Waals surface area contributed by atoms with Crippen LogP contribution in [0.5, 0.6) is 0 Å². The van der Waals surface area contributed by atoms with Gasteiger partial charge in [-0.25, -0.2) is 0 Å². The fraction of sp³-hybridized carbons (Fsp3) is 1.00. The molecule has 0 aromatic heterocycles. The van der Waals surface area contributed by atoms with E-state index in [-0.39, 0.29) is 5.50 Å². The second-order valence-electron chi connectivity index (χ2n) is 3.30. The Morgan fingerprint density at radius 2 is 2.09 bits per heavy atom. The Morgan fingerprint density at radius 3 is 2.45 bits per heavy atom. The normalized spacial score (nSPS) is 16.3. The number of hydrogen-bond donors (Lipinski definition) is 1. The number of nitrogens with two attached hydrogens (primary N) is 1. The lowest BCUT2D eigenvalue weighted by molar-refractivity contribution is 0.0485. The maximum atomic E-state index is 5.48. The zero-order chi connectivity index (χ0) is 8.74. The molecule has 2 nitrogen and oxygen atoms in total. The molecule has 0 saturated heterocycles. The van der Waals surface area contributed by atoms with E-state index in [0.717, 1.165) is 12.8 Å². The van der Waals surface area contributed by atoms with E-state index in [2.05, 4.69) is 14.8 Å². The van der Waals surface area contributed by atoms with Crippen molar-refractivity contribution in [1.82, 2.24) is 0 Å². The lowest BCUT2D eigenvalue weighted by Gasteiger charge is -2.27. The minimum atomic E-state index is 0.0186. The van der Waals surface area contributed by atoms with Gasteiger partial charge in [0.05, 0.1) is 0 Å². The molecule has 0 amide bonds. The molecule has 66 valence electrons. The summed E-state index contributed by atoms with van der Waals surface area (Å²) in [4.78, 5) is 0. The number of rotatable bonds is 6. The minimum absolute atomic E-state index is 0.0186. The first-order valence-electron chi connectivity index (χ1n) is 4.43. The van der Waals surface area contributed by atoms with E-state index in [0.29, 0.717) is 6.54 Å². The summed E-state index contributed by atoms with van der Waals surface area (Å²) in [6.45, 7) is 2.91. The monoisotopic (exact) mass is 157 g/mol. The van der Waals surface area contributed by atoms with Gasteiger partial charge in [-0.1, -0.05) is 19.8 Å². The van der Waals surface area contributed by atoms with Crippen molar-refractivity contribution < 1.29 is 4.74 Å². The molecular weight excluding hydrogens is 137 g/mol. The summed E-state index contributed by atoms with van der Waals surface area (Å²) in [5.74, 6) is 0. The summed E-state index contributed by atoms with van der Waals surface area (Å²) in [5, 5.41) is 0. The fourth-order valence-electron chi connectivity index (χ4n) is 1.19. The maximum Gasteiger partial charge on any atom is 0.143 e. The van der Waals surface area contributed by atoms with Crippen molar-refractivity contribution in [3.63, 3.8) is 0 Å². The highest BCUT2D eigenvalue weighted by Gasteiger charge is 2.20. The highest BCUT2D eigenvalue weighted by Crippen LogP contribution is 2.17. The molecule has 0 aliphatic carbocycles. The van der Waals surface area contributed by atoms with Gasteiger partial charge in [0.2, 0.25) is 0 Å². The summed E-state index contributed by atoms with van der Waals surface area (Å²) in [7, 11) is 3.90. The molecule has 0 aromatic carbocycles. The third kappa shape index (κ3) is 4.43. The summed E-state index contributed by atoms with van der Waals surface area (Å²) < 4.78 is 5.40. The van der Waals surface area contributed by atoms with Crippen molar-refractivity contribution in [2.75, 3.05) is 13.7 Å². The summed E-state index contributed by atoms with van der Waals surface area (Å²) >= 11 is 0. The number of hydrogen-bond acceptors (Lipinski definition) is 2. The van der Waals surface area contributed by atoms with Gasteiger partial charge in [-0.05, 0) is 19.4 Å². The molecule has 11 heavy (non-hydrogen) atoms. The second-order valence-corrected chi connectivity index (χ2v) is 3.30. The van der Waals surface area contributed by atoms with Crippen LogP contribution in [0.1, 0.15) is 32.6 Å². The van der Waals surface area contributed by atoms with Crippen LogP contribution in [0.4, 0.5) is 0 Å². The smallest absolute Gasteiger partial charge is 0.143 e. The Morgan fingerprint density at radius 1 is 1.45 bits per heavy atom. The average molecular weight is 157 g/mol. The molecule has 0 aliphatic heterocycles. The second kappa shape index (κ2) is 5.61. The first-order valence-corrected chi connectivity index (χ1v) is 4.43. The van der Waals surface area contributed by atoms with Gasteiger partial charge in [-0.3, -0.25) is 0 Å². The molecular formula is C8H20BNO. The van der Waals surface area contributed by atoms with Crippen LogP contribution in [0.25, 0.3) is 0 Å². The van der Waals surface area contributed by atoms with Gasteiger partial charge in [0.1, 0.15) is 7.85 Å². The fourth-order valence-corrected chi connectivity index (χ4v) is 1.19. The molecule has 3 heteroatoms. The molecule has 0 aromatic rings. The molecule has 0 radical (unpaired) electrons. The lowest BCUT2D eigenvalue weighted by Crippen LogP contribution is -2.34. The van der Waals surface area contributed by atoms with E-state index < -0.39 is 0 Å². The molecule has 0 bridgehead atoms. The van der Waals surface area contributed by atoms with Gasteiger partial charge >= 0.3 is 0 Å². The molecule has 0 rings (SSSR count). The van der Waals surface area contributed by atoms with Crippen LogP contribution < -0.4 is 5.73 Å². The van der Waals surface area contributed by atoms with Crippen molar-refractivity contribution in [3.05, 3.63) is 0 Å². The van der Waals surface area contributed by atoms with E-state index in [1.807, 2.05) is 0 Å². The van der Waals surface area contributed by atoms with Gasteiger partial charge < -0.3 is 10.5 Å². The Labute approximate surface area is 70.9 Å². The van der Waals surface area contributed by atoms with Crippen LogP contribution in [-0.2, 0) is 4.74 Å². The number of unbranched alkanes of at least 4 members (excludes halogenated alkanes) is 1. The largest absolute Gasteiger partial charge is 0.387 e. The van der Waals surface area contributed by atoms with Gasteiger partial charge in [0.25, 0.3) is 0 Å². The highest BCUT2D eigenvalue weighted by molar-refractivity contribution is 6.14. The van der Waals surface area contributed by atoms with E-state index in [1.54, 1.807) is 7.11 Å². The molecule has 0 aliphatic rings. The van der Waals surface area contributed by atoms with Crippen LogP contribution in [0.3, 0.4) is 0 Å². The third-order valence-electron chi connectivity index (χ3n) is 2.23. The molecule has 2 N–H and O–H groups in total. The maximum absolute atomic E-state index is 5.48. The zero-order valence-electron chi connectivity index (χ0n) is 8.02. The summed E-state index contributed by atoms with van der Waals surface area (Å²) in [6.07, 6.45) is 4.54. The average Bonchev–Trinajstić information content (AvgIpc) is 2.02. The van der Waals surface area contributed by atoms with E-state index >= 15 is 0 Å². The summed E-state index contributed by atoms with van der Waals surface area (Å²) in [5.41, 5.74) is 5.50. The first kappa shape index (κ1) is 11.0. The molecule has 0 saturated carbocycles. The van der Waals surface area contributed by atoms with E-state index in [1.165, 1.54) is 12.8 Å². The molecule has 0 fully saturated rings. The quantitative estimate of drug-likeness (QED) is 0.570. The highest BCUT2D eigenvalue weighted by atomic mass is 16.5. The first-order chi connectivity index (χ1) is 5.18. The Hall–Kier alpha value is -0.0151. The van der Waals surface area contributed by atoms with Crippen molar-refractivity contribution in [2.24, 2.45) is 5.73 Å². The van der Waals surface area contributed by atoms with Crippen molar-refractivity contribution in [1.29, 1.82) is 0 Å². The third-order valence-corrected chi connectivity index (χ3v) is 2.23. The van der Waals surface area contributed by atoms with Gasteiger partial charge in [-0.2, -0.15) is 0 Å². The number of methoxy groups -OCH3 is 1. The van der Waals surface area contributed by atoms with Crippen molar-refractivity contribution in [2.45, 2.75) is 38.1 Å². The standard InChI is InChI=1S/C8H20BNO/c1-3-4-5-8(9,11-2)6-7-10/h3-7,9-10H2,1-2H3. The summed E-state index contributed by atoms with van der Waals surface area (Å²) in [6, 6.07) is 0. The van der Waals surface area contributed by atoms with Gasteiger partial charge in [-0.15, -0.1) is 0 Å². The van der Waals surface area contributed by atoms with Gasteiger partial charge in [0.15, 0.2) is 0 Å². The number of ether oxygens (including phenoxy) is 1. The van der Waals surface area contributed by atoms with Crippen molar-refractivity contribution in [3.8, 4) is 0 Å². The predicted octanol–water partition coefficient (Wildman–Crippen LogP) is 0.501. The lowest BCUT2D eigenvalue weighted by atomic mass is 9.75. The SMILES string of the molecule is BC(CCN)(CCCC)OC. The van der Waals surface area contributed by atoms with Crippen LogP contribution >= 0.6 is 0 Å². The molecule has 1 atom stereocenters. The Kier molecular flexibility index (Phi) is 5.60. The van der Waals surface area contributed by atoms with Crippen LogP contribution in [0, 0.1) is 0 Å². The van der Waals surface area contributed by atoms with Crippen molar-refractivity contribution >= 4 is 7.85 Å². The van der Waals surface area contributed by atoms with Crippen LogP contribution in [-0.4, -0.2) is 27.0 Å². The van der Waals surface area contributed by atoms with Crippen LogP contribution in [0.15, 0.2) is 0 Å². The molecule has 0 spiro atoms. The predicted molar refractivity (Wildman–Crippen MR) is 51.5 cm³/mol. The Balaban J connectivity index is 3.68. The minimum Gasteiger partial charge on any atom is -0.387 e. The van der Waals surface area contributed by atoms with E-state index in [9.17, 15) is 0 Å². The van der Waals surface area contributed by atoms with E-state index in [4.69, 9.17) is 10.5 Å². The topological polar surface area (TPSA) is 35.2 Å². The zero-order valence-corrected chi connectivity index (χ0v) is 8.02. The Bertz CT molecular complexity index is 100. The van der Waals surface area contributed by atoms with Gasteiger partial charge in [0, 0.05) is 12.6 Å². The molecule has 0 heterocycles. The van der Waals surface area contributed by atoms with Crippen LogP contribution in [0.2, 0.25) is 0 Å². The molecule has 1 unspecified atom stereocenters.